The van der Waals surface area contributed by atoms with Crippen LogP contribution in [0.4, 0.5) is 4.39 Å². The number of hydrogen-bond donors (Lipinski definition) is 3. The number of thiocarbonyl (C=S) groups is 1. The standard InChI is InChI=1S/C16H14FN3O2S2/c17-12-6-3-11(4-7-12)5-8-14(21)18-16(23)20-19-15(22)10-13-2-1-9-24-13/h1-9H,10H2,(H,19,22)(H2,18,20,21,23)/b8-5+. The number of halogens is 1. The molecule has 0 bridgehead atoms. The fourth-order valence-corrected chi connectivity index (χ4v) is 2.53. The van der Waals surface area contributed by atoms with E-state index in [0.717, 1.165) is 4.88 Å². The second kappa shape index (κ2) is 8.90. The summed E-state index contributed by atoms with van der Waals surface area (Å²) < 4.78 is 12.8. The summed E-state index contributed by atoms with van der Waals surface area (Å²) in [4.78, 5) is 24.3. The van der Waals surface area contributed by atoms with E-state index in [1.54, 1.807) is 12.1 Å². The molecule has 0 fully saturated rings. The van der Waals surface area contributed by atoms with Crippen LogP contribution in [-0.4, -0.2) is 16.9 Å². The maximum atomic E-state index is 12.8. The first kappa shape index (κ1) is 17.8. The van der Waals surface area contributed by atoms with Gasteiger partial charge in [0.25, 0.3) is 0 Å². The molecule has 1 aromatic heterocycles. The average Bonchev–Trinajstić information content (AvgIpc) is 3.05. The van der Waals surface area contributed by atoms with Gasteiger partial charge in [-0.2, -0.15) is 0 Å². The lowest BCUT2D eigenvalue weighted by molar-refractivity contribution is -0.121. The van der Waals surface area contributed by atoms with Crippen LogP contribution < -0.4 is 16.2 Å². The van der Waals surface area contributed by atoms with E-state index in [-0.39, 0.29) is 23.3 Å². The number of hydrazine groups is 1. The number of hydrogen-bond acceptors (Lipinski definition) is 4. The van der Waals surface area contributed by atoms with Crippen LogP contribution in [0.3, 0.4) is 0 Å². The first-order valence-electron chi connectivity index (χ1n) is 6.89. The van der Waals surface area contributed by atoms with Crippen LogP contribution in [0.2, 0.25) is 0 Å². The molecule has 2 aromatic rings. The van der Waals surface area contributed by atoms with Gasteiger partial charge in [0.2, 0.25) is 11.8 Å². The van der Waals surface area contributed by atoms with Crippen LogP contribution in [0.15, 0.2) is 47.9 Å². The molecule has 1 aromatic carbocycles. The molecule has 0 saturated carbocycles. The number of amides is 2. The van der Waals surface area contributed by atoms with Crippen LogP contribution >= 0.6 is 23.6 Å². The number of carbonyl (C=O) groups excluding carboxylic acids is 2. The van der Waals surface area contributed by atoms with Gasteiger partial charge in [-0.1, -0.05) is 18.2 Å². The molecular weight excluding hydrogens is 349 g/mol. The van der Waals surface area contributed by atoms with Crippen LogP contribution in [0.5, 0.6) is 0 Å². The third kappa shape index (κ3) is 6.27. The Bertz CT molecular complexity index is 743. The summed E-state index contributed by atoms with van der Waals surface area (Å²) in [6, 6.07) is 9.39. The summed E-state index contributed by atoms with van der Waals surface area (Å²) in [6.07, 6.45) is 3.01. The zero-order chi connectivity index (χ0) is 17.4. The minimum Gasteiger partial charge on any atom is -0.298 e. The summed E-state index contributed by atoms with van der Waals surface area (Å²) in [6.45, 7) is 0. The fourth-order valence-electron chi connectivity index (χ4n) is 1.67. The second-order valence-electron chi connectivity index (χ2n) is 4.63. The average molecular weight is 363 g/mol. The van der Waals surface area contributed by atoms with Crippen molar-refractivity contribution < 1.29 is 14.0 Å². The number of carbonyl (C=O) groups is 2. The van der Waals surface area contributed by atoms with Crippen molar-refractivity contribution in [1.29, 1.82) is 0 Å². The van der Waals surface area contributed by atoms with E-state index < -0.39 is 5.91 Å². The maximum Gasteiger partial charge on any atom is 0.250 e. The van der Waals surface area contributed by atoms with Crippen molar-refractivity contribution in [3.05, 3.63) is 64.1 Å². The van der Waals surface area contributed by atoms with Crippen molar-refractivity contribution in [3.63, 3.8) is 0 Å². The molecule has 0 saturated heterocycles. The molecule has 0 atom stereocenters. The van der Waals surface area contributed by atoms with Gasteiger partial charge < -0.3 is 0 Å². The first-order chi connectivity index (χ1) is 11.5. The van der Waals surface area contributed by atoms with E-state index in [9.17, 15) is 14.0 Å². The molecule has 8 heteroatoms. The number of benzene rings is 1. The van der Waals surface area contributed by atoms with Crippen molar-refractivity contribution >= 4 is 46.6 Å². The molecule has 2 amide bonds. The van der Waals surface area contributed by atoms with Crippen LogP contribution in [0.25, 0.3) is 6.08 Å². The quantitative estimate of drug-likeness (QED) is 0.442. The number of thiophene rings is 1. The molecule has 1 heterocycles. The van der Waals surface area contributed by atoms with E-state index in [1.807, 2.05) is 17.5 Å². The van der Waals surface area contributed by atoms with E-state index in [4.69, 9.17) is 12.2 Å². The van der Waals surface area contributed by atoms with Gasteiger partial charge in [-0.25, -0.2) is 4.39 Å². The highest BCUT2D eigenvalue weighted by Crippen LogP contribution is 2.08. The van der Waals surface area contributed by atoms with Gasteiger partial charge in [-0.3, -0.25) is 25.8 Å². The Kier molecular flexibility index (Phi) is 6.59. The summed E-state index contributed by atoms with van der Waals surface area (Å²) in [5.41, 5.74) is 5.53. The topological polar surface area (TPSA) is 70.2 Å². The van der Waals surface area contributed by atoms with Gasteiger partial charge >= 0.3 is 0 Å². The Balaban J connectivity index is 1.72. The number of nitrogens with one attached hydrogen (secondary N) is 3. The summed E-state index contributed by atoms with van der Waals surface area (Å²) in [5.74, 6) is -1.08. The normalized spacial score (nSPS) is 10.4. The molecule has 0 radical (unpaired) electrons. The second-order valence-corrected chi connectivity index (χ2v) is 6.07. The molecule has 0 spiro atoms. The van der Waals surface area contributed by atoms with Crippen molar-refractivity contribution in [2.45, 2.75) is 6.42 Å². The third-order valence-electron chi connectivity index (χ3n) is 2.76. The minimum atomic E-state index is -0.468. The molecule has 0 aliphatic rings. The zero-order valence-corrected chi connectivity index (χ0v) is 14.0. The van der Waals surface area contributed by atoms with E-state index in [0.29, 0.717) is 5.56 Å². The fraction of sp³-hybridized carbons (Fsp3) is 0.0625. The van der Waals surface area contributed by atoms with Crippen molar-refractivity contribution in [3.8, 4) is 0 Å². The molecule has 3 N–H and O–H groups in total. The lowest BCUT2D eigenvalue weighted by Gasteiger charge is -2.09. The van der Waals surface area contributed by atoms with Gasteiger partial charge in [0, 0.05) is 11.0 Å². The van der Waals surface area contributed by atoms with E-state index >= 15 is 0 Å². The Morgan fingerprint density at radius 1 is 1.17 bits per heavy atom. The molecule has 0 unspecified atom stereocenters. The minimum absolute atomic E-state index is 0.0247. The largest absolute Gasteiger partial charge is 0.298 e. The van der Waals surface area contributed by atoms with Gasteiger partial charge in [0.05, 0.1) is 6.42 Å². The Labute approximate surface area is 147 Å². The van der Waals surface area contributed by atoms with Crippen molar-refractivity contribution in [2.75, 3.05) is 0 Å². The third-order valence-corrected chi connectivity index (χ3v) is 3.84. The lowest BCUT2D eigenvalue weighted by atomic mass is 10.2. The Morgan fingerprint density at radius 2 is 1.92 bits per heavy atom. The Hall–Kier alpha value is -2.58. The lowest BCUT2D eigenvalue weighted by Crippen LogP contribution is -2.48. The highest BCUT2D eigenvalue weighted by atomic mass is 32.1. The van der Waals surface area contributed by atoms with Gasteiger partial charge in [-0.05, 0) is 47.4 Å². The summed E-state index contributed by atoms with van der Waals surface area (Å²) in [7, 11) is 0. The Morgan fingerprint density at radius 3 is 2.58 bits per heavy atom. The predicted molar refractivity (Wildman–Crippen MR) is 95.5 cm³/mol. The van der Waals surface area contributed by atoms with Crippen LogP contribution in [-0.2, 0) is 16.0 Å². The zero-order valence-electron chi connectivity index (χ0n) is 12.4. The highest BCUT2D eigenvalue weighted by Gasteiger charge is 2.05. The highest BCUT2D eigenvalue weighted by molar-refractivity contribution is 7.80. The molecule has 2 rings (SSSR count). The molecular formula is C16H14FN3O2S2. The number of rotatable bonds is 4. The SMILES string of the molecule is O=C(/C=C/c1ccc(F)cc1)NC(=S)NNC(=O)Cc1cccs1. The molecule has 0 aliphatic carbocycles. The van der Waals surface area contributed by atoms with Crippen LogP contribution in [0, 0.1) is 5.82 Å². The van der Waals surface area contributed by atoms with Gasteiger partial charge in [0.15, 0.2) is 5.11 Å². The molecule has 24 heavy (non-hydrogen) atoms. The van der Waals surface area contributed by atoms with Crippen molar-refractivity contribution in [1.82, 2.24) is 16.2 Å². The molecule has 0 aliphatic heterocycles. The van der Waals surface area contributed by atoms with E-state index in [2.05, 4.69) is 16.2 Å². The van der Waals surface area contributed by atoms with Crippen LogP contribution in [0.1, 0.15) is 10.4 Å². The first-order valence-corrected chi connectivity index (χ1v) is 8.17. The molecule has 5 nitrogen and oxygen atoms in total. The summed E-state index contributed by atoms with van der Waals surface area (Å²) >= 11 is 6.38. The monoisotopic (exact) mass is 363 g/mol. The van der Waals surface area contributed by atoms with Gasteiger partial charge in [0.1, 0.15) is 5.82 Å². The van der Waals surface area contributed by atoms with E-state index in [1.165, 1.54) is 35.6 Å². The predicted octanol–water partition coefficient (Wildman–Crippen LogP) is 2.17. The summed E-state index contributed by atoms with van der Waals surface area (Å²) in [5, 5.41) is 4.24. The molecule has 124 valence electrons. The maximum absolute atomic E-state index is 12.8. The van der Waals surface area contributed by atoms with Crippen molar-refractivity contribution in [2.24, 2.45) is 0 Å². The smallest absolute Gasteiger partial charge is 0.250 e. The van der Waals surface area contributed by atoms with Gasteiger partial charge in [-0.15, -0.1) is 11.3 Å².